The topological polar surface area (TPSA) is 513 Å². The fraction of sp³-hybridized carbons (Fsp3) is 0.482. The van der Waals surface area contributed by atoms with Gasteiger partial charge in [-0.05, 0) is 55.3 Å². The molecule has 484 valence electrons. The molecule has 3 saturated heterocycles. The molecule has 15 atom stereocenters. The number of aromatic nitrogens is 1. The molecule has 3 fully saturated rings. The van der Waals surface area contributed by atoms with Crippen molar-refractivity contribution in [2.45, 2.75) is 145 Å². The van der Waals surface area contributed by atoms with Crippen LogP contribution in [0, 0.1) is 5.92 Å². The summed E-state index contributed by atoms with van der Waals surface area (Å²) >= 11 is 0. The Kier molecular flexibility index (Phi) is 24.8. The van der Waals surface area contributed by atoms with Crippen LogP contribution in [0.3, 0.4) is 0 Å². The Balaban J connectivity index is 0.0000129. The molecule has 1 aromatic heterocycles. The molecule has 3 aliphatic heterocycles. The Hall–Kier alpha value is -7.38. The van der Waals surface area contributed by atoms with Gasteiger partial charge < -0.3 is 106 Å². The molecule has 34 heteroatoms. The van der Waals surface area contributed by atoms with Crippen LogP contribution >= 0.6 is 0 Å². The standard InChI is InChI=1S/C56H71N9O23S.Na/c1-4-5-6-16-86-32-9-7-8-29(17-32)39-21-33(63-87-39)27-10-12-28(13-11-27)49(75)58-34-20-38(70)52(78)62-54(80)45-46(72)25(2)23-65(45)56(82)43(37(69)22-41(57)71)60-53(79)44(48(74)47(73)30-14-15-36(68)40(18-30)88-89(83,84)85)61-51(77)35-19-31(67)24-64(35)55(81)42(26(3)66)59-50(34)76;/h7-15,17-18,21,25-26,31,34-35,37-38,42-48,52,66-70,72-74,78H,4-6,16,19-20,22-24H2,1-3H3,(H2,57,71)(H,58,75)(H,59,76)(H,60,79)(H,61,77)(H,62,80)(H,83,84,85);/q;+1/p-1/t25?,26-,31+,34-,35-,37+,38+,42?,43-,44?,45-,46-,47-,48-,52?;/m0./s1. The Labute approximate surface area is 536 Å². The predicted molar refractivity (Wildman–Crippen MR) is 302 cm³/mol. The Morgan fingerprint density at radius 2 is 1.48 bits per heavy atom. The van der Waals surface area contributed by atoms with Gasteiger partial charge in [0.15, 0.2) is 23.5 Å². The van der Waals surface area contributed by atoms with E-state index < -0.39 is 198 Å². The van der Waals surface area contributed by atoms with Crippen LogP contribution in [0.1, 0.15) is 81.3 Å². The van der Waals surface area contributed by atoms with E-state index in [4.69, 9.17) is 15.0 Å². The smallest absolute Gasteiger partial charge is 0.716 e. The first-order valence-electron chi connectivity index (χ1n) is 28.1. The number of fused-ring (bicyclic) bond motifs is 2. The van der Waals surface area contributed by atoms with Crippen molar-refractivity contribution in [1.29, 1.82) is 0 Å². The number of ether oxygens (including phenoxy) is 1. The molecule has 3 aromatic carbocycles. The summed E-state index contributed by atoms with van der Waals surface area (Å²) in [6.45, 7) is 3.67. The molecule has 0 radical (unpaired) electrons. The van der Waals surface area contributed by atoms with Crippen LogP contribution in [-0.4, -0.2) is 220 Å². The molecule has 4 unspecified atom stereocenters. The third-order valence-corrected chi connectivity index (χ3v) is 15.5. The predicted octanol–water partition coefficient (Wildman–Crippen LogP) is -7.24. The first-order chi connectivity index (χ1) is 42.0. The number of unbranched alkanes of at least 4 members (excludes halogenated alkanes) is 2. The number of nitrogens with one attached hydrogen (secondary N) is 5. The van der Waals surface area contributed by atoms with Crippen molar-refractivity contribution in [3.05, 3.63) is 83.9 Å². The maximum Gasteiger partial charge on any atom is 1.00 e. The number of rotatable bonds is 18. The molecule has 32 nitrogen and oxygen atoms in total. The van der Waals surface area contributed by atoms with Crippen LogP contribution in [0.4, 0.5) is 0 Å². The average molecular weight is 1290 g/mol. The largest absolute Gasteiger partial charge is 1.00 e. The minimum atomic E-state index is -5.60. The number of nitrogens with two attached hydrogens (primary N) is 1. The molecule has 0 spiro atoms. The Morgan fingerprint density at radius 1 is 0.811 bits per heavy atom. The van der Waals surface area contributed by atoms with Gasteiger partial charge >= 0.3 is 29.6 Å². The van der Waals surface area contributed by atoms with Gasteiger partial charge in [0.2, 0.25) is 41.4 Å². The van der Waals surface area contributed by atoms with Crippen molar-refractivity contribution in [3.63, 3.8) is 0 Å². The van der Waals surface area contributed by atoms with E-state index in [2.05, 4.69) is 32.2 Å². The van der Waals surface area contributed by atoms with Gasteiger partial charge in [-0.15, -0.1) is 0 Å². The summed E-state index contributed by atoms with van der Waals surface area (Å²) in [6, 6.07) is 3.39. The second kappa shape index (κ2) is 31.1. The molecule has 4 aromatic rings. The van der Waals surface area contributed by atoms with Crippen molar-refractivity contribution in [2.24, 2.45) is 11.7 Å². The van der Waals surface area contributed by atoms with E-state index in [1.54, 1.807) is 30.3 Å². The molecule has 16 N–H and O–H groups in total. The van der Waals surface area contributed by atoms with Gasteiger partial charge in [-0.25, -0.2) is 8.42 Å². The summed E-state index contributed by atoms with van der Waals surface area (Å²) in [7, 11) is -5.60. The number of amides is 8. The van der Waals surface area contributed by atoms with Crippen LogP contribution in [0.25, 0.3) is 22.6 Å². The summed E-state index contributed by atoms with van der Waals surface area (Å²) in [5.41, 5.74) is 6.10. The van der Waals surface area contributed by atoms with Crippen LogP contribution in [0.5, 0.6) is 17.2 Å². The quantitative estimate of drug-likeness (QED) is 0.0190. The molecular formula is C56H70N9NaO23S. The first-order valence-corrected chi connectivity index (χ1v) is 29.4. The summed E-state index contributed by atoms with van der Waals surface area (Å²) in [5.74, 6) is -13.1. The summed E-state index contributed by atoms with van der Waals surface area (Å²) in [5, 5.41) is 116. The van der Waals surface area contributed by atoms with Crippen LogP contribution < -0.4 is 70.8 Å². The van der Waals surface area contributed by atoms with E-state index in [9.17, 15) is 97.3 Å². The maximum atomic E-state index is 14.7. The molecule has 7 rings (SSSR count). The average Bonchev–Trinajstić information content (AvgIpc) is 1.61. The van der Waals surface area contributed by atoms with Crippen molar-refractivity contribution in [1.82, 2.24) is 41.5 Å². The fourth-order valence-corrected chi connectivity index (χ4v) is 10.7. The number of phenolic OH excluding ortho intramolecular Hbond substituents is 1. The summed E-state index contributed by atoms with van der Waals surface area (Å²) in [6.07, 6.45) is -17.4. The molecule has 0 aliphatic carbocycles. The molecule has 0 bridgehead atoms. The zero-order valence-corrected chi connectivity index (χ0v) is 51.8. The number of primary amides is 1. The van der Waals surface area contributed by atoms with Crippen LogP contribution in [0.2, 0.25) is 0 Å². The fourth-order valence-electron chi connectivity index (χ4n) is 10.4. The molecular weight excluding hydrogens is 1220 g/mol. The monoisotopic (exact) mass is 1290 g/mol. The van der Waals surface area contributed by atoms with E-state index in [0.29, 0.717) is 56.9 Å². The van der Waals surface area contributed by atoms with Gasteiger partial charge in [0.1, 0.15) is 66.0 Å². The van der Waals surface area contributed by atoms with E-state index >= 15 is 0 Å². The van der Waals surface area contributed by atoms with Crippen molar-refractivity contribution in [3.8, 4) is 39.8 Å². The first kappa shape index (κ1) is 71.7. The summed E-state index contributed by atoms with van der Waals surface area (Å²) < 4.78 is 50.1. The van der Waals surface area contributed by atoms with Crippen LogP contribution in [-0.2, 0) is 44.0 Å². The number of nitrogens with zero attached hydrogens (tertiary/aromatic N) is 3. The van der Waals surface area contributed by atoms with Crippen molar-refractivity contribution in [2.75, 3.05) is 19.7 Å². The molecule has 8 amide bonds. The van der Waals surface area contributed by atoms with Gasteiger partial charge in [-0.3, -0.25) is 38.4 Å². The van der Waals surface area contributed by atoms with E-state index in [0.717, 1.165) is 32.3 Å². The molecule has 4 heterocycles. The number of phenols is 1. The Morgan fingerprint density at radius 3 is 2.13 bits per heavy atom. The third kappa shape index (κ3) is 17.8. The van der Waals surface area contributed by atoms with Crippen molar-refractivity contribution < 1.29 is 140 Å². The number of hydrogen-bond donors (Lipinski definition) is 15. The van der Waals surface area contributed by atoms with Gasteiger partial charge in [-0.2, -0.15) is 0 Å². The van der Waals surface area contributed by atoms with Gasteiger partial charge in [0.25, 0.3) is 16.3 Å². The van der Waals surface area contributed by atoms with Crippen LogP contribution in [0.15, 0.2) is 77.3 Å². The number of aliphatic hydroxyl groups excluding tert-OH is 8. The zero-order valence-electron chi connectivity index (χ0n) is 49.0. The SMILES string of the molecule is CCCCCOc1cccc(-c2cc(-c3ccc(C(=O)N[C@H]4C[C@@H](O)C(O)NC(=O)[C@@H]5[C@@H](O)C(C)CN5C(=O)[C@H]([C@H](O)CC(N)=O)NC(=O)C([C@H](O)[C@@H](O)c5ccc(O)c(OS(=O)(=O)[O-])c5)NC(=O)[C@@H]5C[C@@H](O)CN5C(=O)C([C@H](C)O)NC4=O)cc3)no2)c1.[Na+]. The summed E-state index contributed by atoms with van der Waals surface area (Å²) in [4.78, 5) is 115. The maximum absolute atomic E-state index is 14.7. The third-order valence-electron chi connectivity index (χ3n) is 15.2. The Bertz CT molecular complexity index is 3360. The number of aromatic hydroxyl groups is 1. The van der Waals surface area contributed by atoms with Gasteiger partial charge in [-0.1, -0.05) is 62.2 Å². The normalized spacial score (nSPS) is 26.2. The molecule has 0 saturated carbocycles. The number of benzene rings is 3. The van der Waals surface area contributed by atoms with E-state index in [-0.39, 0.29) is 35.1 Å². The van der Waals surface area contributed by atoms with Gasteiger partial charge in [0.05, 0.1) is 37.4 Å². The van der Waals surface area contributed by atoms with Gasteiger partial charge in [0, 0.05) is 54.6 Å². The van der Waals surface area contributed by atoms with Crippen molar-refractivity contribution >= 4 is 57.7 Å². The number of carbonyl (C=O) groups is 8. The van der Waals surface area contributed by atoms with E-state index in [1.165, 1.54) is 31.2 Å². The van der Waals surface area contributed by atoms with E-state index in [1.807, 2.05) is 10.6 Å². The zero-order chi connectivity index (χ0) is 65.3. The second-order valence-electron chi connectivity index (χ2n) is 21.9. The molecule has 3 aliphatic rings. The second-order valence-corrected chi connectivity index (χ2v) is 22.9. The number of hydrogen-bond acceptors (Lipinski definition) is 24. The number of aliphatic hydroxyl groups is 8. The minimum absolute atomic E-state index is 0. The molecule has 90 heavy (non-hydrogen) atoms. The number of carbonyl (C=O) groups excluding carboxylic acids is 8. The minimum Gasteiger partial charge on any atom is -0.716 e.